The van der Waals surface area contributed by atoms with Crippen molar-refractivity contribution < 1.29 is 18.3 Å². The largest absolute Gasteiger partial charge is 0.387 e. The number of carbonyl (C=O) groups excluding carboxylic acids is 1. The smallest absolute Gasteiger partial charge is 0.265 e. The second-order valence-corrected chi connectivity index (χ2v) is 12.6. The number of rotatable bonds is 11. The van der Waals surface area contributed by atoms with E-state index in [0.29, 0.717) is 17.4 Å². The highest BCUT2D eigenvalue weighted by molar-refractivity contribution is 8.00. The van der Waals surface area contributed by atoms with Crippen LogP contribution in [0.5, 0.6) is 0 Å². The van der Waals surface area contributed by atoms with Gasteiger partial charge in [0.1, 0.15) is 0 Å². The Morgan fingerprint density at radius 3 is 2.35 bits per heavy atom. The molecule has 0 saturated heterocycles. The fourth-order valence-electron chi connectivity index (χ4n) is 4.52. The van der Waals surface area contributed by atoms with Crippen LogP contribution in [0, 0.1) is 0 Å². The molecule has 0 aliphatic heterocycles. The average Bonchev–Trinajstić information content (AvgIpc) is 3.39. The molecule has 4 rings (SSSR count). The van der Waals surface area contributed by atoms with Gasteiger partial charge in [-0.2, -0.15) is 0 Å². The molecule has 1 saturated carbocycles. The number of amides is 1. The van der Waals surface area contributed by atoms with Crippen molar-refractivity contribution in [2.24, 2.45) is 0 Å². The second kappa shape index (κ2) is 12.7. The number of thioether (sulfide) groups is 1. The van der Waals surface area contributed by atoms with E-state index < -0.39 is 22.0 Å². The Balaban J connectivity index is 1.40. The first kappa shape index (κ1) is 27.4. The summed E-state index contributed by atoms with van der Waals surface area (Å²) in [6.07, 6.45) is 5.89. The number of nitrogens with one attached hydrogen (secondary N) is 2. The monoisotopic (exact) mass is 538 g/mol. The van der Waals surface area contributed by atoms with Gasteiger partial charge in [0.2, 0.25) is 10.0 Å². The Kier molecular flexibility index (Phi) is 9.43. The maximum atomic E-state index is 12.7. The summed E-state index contributed by atoms with van der Waals surface area (Å²) in [5.41, 5.74) is 4.53. The van der Waals surface area contributed by atoms with Crippen molar-refractivity contribution in [1.82, 2.24) is 10.0 Å². The lowest BCUT2D eigenvalue weighted by Gasteiger charge is -2.15. The van der Waals surface area contributed by atoms with E-state index in [-0.39, 0.29) is 0 Å². The van der Waals surface area contributed by atoms with Crippen LogP contribution in [0.2, 0.25) is 0 Å². The minimum atomic E-state index is -3.64. The Bertz CT molecular complexity index is 1290. The van der Waals surface area contributed by atoms with Crippen LogP contribution < -0.4 is 10.0 Å². The van der Waals surface area contributed by atoms with Crippen molar-refractivity contribution >= 4 is 27.7 Å². The van der Waals surface area contributed by atoms with Crippen molar-refractivity contribution in [3.63, 3.8) is 0 Å². The summed E-state index contributed by atoms with van der Waals surface area (Å²) in [7, 11) is -3.64. The third-order valence-electron chi connectivity index (χ3n) is 6.50. The molecule has 1 aliphatic rings. The fraction of sp³-hybridized carbons (Fsp3) is 0.345. The summed E-state index contributed by atoms with van der Waals surface area (Å²) in [6.45, 7) is 1.26. The topological polar surface area (TPSA) is 95.5 Å². The minimum absolute atomic E-state index is 0.395. The van der Waals surface area contributed by atoms with Gasteiger partial charge in [-0.05, 0) is 60.2 Å². The van der Waals surface area contributed by atoms with Gasteiger partial charge >= 0.3 is 0 Å². The van der Waals surface area contributed by atoms with Crippen LogP contribution in [0.1, 0.15) is 53.3 Å². The van der Waals surface area contributed by atoms with Gasteiger partial charge < -0.3 is 10.4 Å². The molecule has 1 fully saturated rings. The Hall–Kier alpha value is -2.65. The molecule has 37 heavy (non-hydrogen) atoms. The van der Waals surface area contributed by atoms with E-state index in [1.165, 1.54) is 18.4 Å². The number of hydrogen-bond donors (Lipinski definition) is 3. The van der Waals surface area contributed by atoms with E-state index in [4.69, 9.17) is 0 Å². The summed E-state index contributed by atoms with van der Waals surface area (Å²) in [4.78, 5) is 13.5. The maximum Gasteiger partial charge on any atom is 0.265 e. The number of hydrogen-bond acceptors (Lipinski definition) is 6. The summed E-state index contributed by atoms with van der Waals surface area (Å²) >= 11 is 1.67. The van der Waals surface area contributed by atoms with Crippen LogP contribution in [-0.2, 0) is 16.4 Å². The quantitative estimate of drug-likeness (QED) is 0.299. The lowest BCUT2D eigenvalue weighted by molar-refractivity contribution is 0.0979. The Morgan fingerprint density at radius 2 is 1.68 bits per heavy atom. The van der Waals surface area contributed by atoms with Crippen molar-refractivity contribution in [2.75, 3.05) is 19.3 Å². The van der Waals surface area contributed by atoms with Crippen LogP contribution >= 0.6 is 11.8 Å². The summed E-state index contributed by atoms with van der Waals surface area (Å²) in [5.74, 6) is -0.588. The first-order chi connectivity index (χ1) is 17.8. The van der Waals surface area contributed by atoms with Crippen molar-refractivity contribution in [3.8, 4) is 11.1 Å². The summed E-state index contributed by atoms with van der Waals surface area (Å²) in [5, 5.41) is 14.0. The number of sulfonamides is 1. The first-order valence-electron chi connectivity index (χ1n) is 12.6. The minimum Gasteiger partial charge on any atom is -0.387 e. The van der Waals surface area contributed by atoms with Gasteiger partial charge in [-0.1, -0.05) is 73.5 Å². The van der Waals surface area contributed by atoms with E-state index in [2.05, 4.69) is 34.3 Å². The molecule has 0 aromatic heterocycles. The van der Waals surface area contributed by atoms with E-state index >= 15 is 0 Å². The first-order valence-corrected chi connectivity index (χ1v) is 15.4. The SMILES string of the molecule is CS(=O)(=O)NC(=O)c1ccc(-c2ccc(CCNC[C@@H](O)c3ccccc3)cc2)cc1SC1CCCC1. The van der Waals surface area contributed by atoms with Gasteiger partial charge in [-0.25, -0.2) is 13.1 Å². The fourth-order valence-corrected chi connectivity index (χ4v) is 6.38. The lowest BCUT2D eigenvalue weighted by Crippen LogP contribution is -2.29. The molecule has 1 atom stereocenters. The van der Waals surface area contributed by atoms with Gasteiger partial charge in [0.25, 0.3) is 5.91 Å². The molecule has 6 nitrogen and oxygen atoms in total. The highest BCUT2D eigenvalue weighted by Crippen LogP contribution is 2.38. The van der Waals surface area contributed by atoms with Crippen molar-refractivity contribution in [3.05, 3.63) is 89.5 Å². The second-order valence-electron chi connectivity index (χ2n) is 9.52. The molecule has 3 N–H and O–H groups in total. The molecule has 0 bridgehead atoms. The predicted octanol–water partition coefficient (Wildman–Crippen LogP) is 4.94. The zero-order chi connectivity index (χ0) is 26.3. The van der Waals surface area contributed by atoms with Gasteiger partial charge in [-0.3, -0.25) is 4.79 Å². The van der Waals surface area contributed by atoms with E-state index in [1.54, 1.807) is 17.8 Å². The van der Waals surface area contributed by atoms with Gasteiger partial charge in [0.05, 0.1) is 17.9 Å². The van der Waals surface area contributed by atoms with E-state index in [1.807, 2.05) is 42.5 Å². The van der Waals surface area contributed by atoms with Crippen LogP contribution in [0.25, 0.3) is 11.1 Å². The number of aliphatic hydroxyl groups is 1. The summed E-state index contributed by atoms with van der Waals surface area (Å²) in [6, 6.07) is 23.6. The molecule has 3 aromatic rings. The van der Waals surface area contributed by atoms with Gasteiger partial charge in [0, 0.05) is 16.7 Å². The molecule has 0 heterocycles. The highest BCUT2D eigenvalue weighted by atomic mass is 32.2. The molecule has 1 amide bonds. The van der Waals surface area contributed by atoms with Crippen molar-refractivity contribution in [2.45, 2.75) is 48.4 Å². The van der Waals surface area contributed by atoms with Crippen LogP contribution in [-0.4, -0.2) is 44.0 Å². The van der Waals surface area contributed by atoms with Gasteiger partial charge in [-0.15, -0.1) is 11.8 Å². The lowest BCUT2D eigenvalue weighted by atomic mass is 10.0. The zero-order valence-corrected chi connectivity index (χ0v) is 22.7. The molecule has 8 heteroatoms. The number of carbonyl (C=O) groups is 1. The molecule has 0 radical (unpaired) electrons. The molecule has 0 spiro atoms. The molecule has 0 unspecified atom stereocenters. The van der Waals surface area contributed by atoms with Crippen LogP contribution in [0.3, 0.4) is 0 Å². The molecular formula is C29H34N2O4S2. The standard InChI is InChI=1S/C29H34N2O4S2/c1-37(34,35)31-29(33)26-16-15-24(19-28(26)36-25-9-5-6-10-25)22-13-11-21(12-14-22)17-18-30-20-27(32)23-7-3-2-4-8-23/h2-4,7-8,11-16,19,25,27,30,32H,5-6,9-10,17-18,20H2,1H3,(H,31,33)/t27-/m1/s1. The third kappa shape index (κ3) is 8.17. The van der Waals surface area contributed by atoms with Crippen LogP contribution in [0.15, 0.2) is 77.7 Å². The molecule has 3 aromatic carbocycles. The predicted molar refractivity (Wildman–Crippen MR) is 150 cm³/mol. The molecular weight excluding hydrogens is 504 g/mol. The Labute approximate surface area is 223 Å². The zero-order valence-electron chi connectivity index (χ0n) is 21.0. The number of benzene rings is 3. The maximum absolute atomic E-state index is 12.7. The van der Waals surface area contributed by atoms with E-state index in [0.717, 1.165) is 53.6 Å². The average molecular weight is 539 g/mol. The Morgan fingerprint density at radius 1 is 1.00 bits per heavy atom. The number of aliphatic hydroxyl groups excluding tert-OH is 1. The third-order valence-corrected chi connectivity index (χ3v) is 8.45. The van der Waals surface area contributed by atoms with Crippen LogP contribution in [0.4, 0.5) is 0 Å². The molecule has 1 aliphatic carbocycles. The molecule has 196 valence electrons. The normalized spacial score (nSPS) is 15.0. The van der Waals surface area contributed by atoms with Crippen molar-refractivity contribution in [1.29, 1.82) is 0 Å². The highest BCUT2D eigenvalue weighted by Gasteiger charge is 2.22. The summed E-state index contributed by atoms with van der Waals surface area (Å²) < 4.78 is 25.4. The van der Waals surface area contributed by atoms with Gasteiger partial charge in [0.15, 0.2) is 0 Å². The van der Waals surface area contributed by atoms with E-state index in [9.17, 15) is 18.3 Å².